The minimum absolute atomic E-state index is 0.232. The van der Waals surface area contributed by atoms with Crippen LogP contribution in [0.1, 0.15) is 12.5 Å². The lowest BCUT2D eigenvalue weighted by atomic mass is 10.1. The van der Waals surface area contributed by atoms with Crippen LogP contribution in [0, 0.1) is 0 Å². The lowest BCUT2D eigenvalue weighted by Gasteiger charge is -2.36. The Kier molecular flexibility index (Phi) is 6.03. The van der Waals surface area contributed by atoms with E-state index in [0.29, 0.717) is 0 Å². The maximum Gasteiger partial charge on any atom is 0.0367 e. The summed E-state index contributed by atoms with van der Waals surface area (Å²) in [5.74, 6) is 0. The first-order chi connectivity index (χ1) is 10.0. The molecule has 1 unspecified atom stereocenters. The zero-order chi connectivity index (χ0) is 15.2. The highest BCUT2D eigenvalue weighted by atomic mass is 15.3. The van der Waals surface area contributed by atoms with Crippen LogP contribution in [0.4, 0.5) is 5.69 Å². The fourth-order valence-corrected chi connectivity index (χ4v) is 2.79. The molecule has 1 aromatic rings. The predicted octanol–water partition coefficient (Wildman–Crippen LogP) is 1.26. The molecule has 4 nitrogen and oxygen atoms in total. The molecule has 118 valence electrons. The summed E-state index contributed by atoms with van der Waals surface area (Å²) in [4.78, 5) is 7.30. The molecule has 0 spiro atoms. The molecule has 0 amide bonds. The first kappa shape index (κ1) is 16.3. The Balaban J connectivity index is 1.81. The zero-order valence-electron chi connectivity index (χ0n) is 13.8. The van der Waals surface area contributed by atoms with Gasteiger partial charge < -0.3 is 15.5 Å². The summed E-state index contributed by atoms with van der Waals surface area (Å²) in [6.45, 7) is 8.95. The van der Waals surface area contributed by atoms with Gasteiger partial charge in [-0.2, -0.15) is 0 Å². The van der Waals surface area contributed by atoms with Gasteiger partial charge >= 0.3 is 0 Å². The Labute approximate surface area is 129 Å². The second-order valence-electron chi connectivity index (χ2n) is 6.48. The van der Waals surface area contributed by atoms with Crippen molar-refractivity contribution in [1.29, 1.82) is 0 Å². The van der Waals surface area contributed by atoms with Crippen LogP contribution >= 0.6 is 0 Å². The number of nitrogens with zero attached hydrogens (tertiary/aromatic N) is 3. The van der Waals surface area contributed by atoms with E-state index in [2.05, 4.69) is 60.0 Å². The van der Waals surface area contributed by atoms with E-state index in [1.54, 1.807) is 0 Å². The molecule has 0 radical (unpaired) electrons. The molecule has 2 N–H and O–H groups in total. The topological polar surface area (TPSA) is 35.7 Å². The van der Waals surface area contributed by atoms with Gasteiger partial charge in [0.05, 0.1) is 0 Å². The summed E-state index contributed by atoms with van der Waals surface area (Å²) in [7, 11) is 4.28. The average molecular weight is 290 g/mol. The number of likely N-dealkylation sites (N-methyl/N-ethyl adjacent to an activating group) is 1. The van der Waals surface area contributed by atoms with Gasteiger partial charge in [0.15, 0.2) is 0 Å². The number of hydrogen-bond acceptors (Lipinski definition) is 4. The Morgan fingerprint density at radius 2 is 1.71 bits per heavy atom. The molecule has 0 bridgehead atoms. The molecule has 1 aliphatic heterocycles. The maximum absolute atomic E-state index is 5.85. The molecule has 0 aromatic heterocycles. The van der Waals surface area contributed by atoms with Gasteiger partial charge in [-0.25, -0.2) is 0 Å². The third-order valence-electron chi connectivity index (χ3n) is 4.09. The third kappa shape index (κ3) is 5.30. The van der Waals surface area contributed by atoms with Crippen LogP contribution in [0.3, 0.4) is 0 Å². The predicted molar refractivity (Wildman–Crippen MR) is 91.0 cm³/mol. The highest BCUT2D eigenvalue weighted by Crippen LogP contribution is 2.18. The van der Waals surface area contributed by atoms with Crippen molar-refractivity contribution < 1.29 is 0 Å². The Bertz CT molecular complexity index is 405. The van der Waals surface area contributed by atoms with Crippen LogP contribution < -0.4 is 10.6 Å². The second-order valence-corrected chi connectivity index (χ2v) is 6.48. The zero-order valence-corrected chi connectivity index (χ0v) is 13.8. The minimum Gasteiger partial charge on any atom is -0.369 e. The normalized spacial score (nSPS) is 18.2. The summed E-state index contributed by atoms with van der Waals surface area (Å²) in [5, 5.41) is 0. The van der Waals surface area contributed by atoms with Gasteiger partial charge in [0, 0.05) is 51.0 Å². The van der Waals surface area contributed by atoms with Crippen LogP contribution in [-0.4, -0.2) is 69.2 Å². The van der Waals surface area contributed by atoms with Crippen LogP contribution in [-0.2, 0) is 6.42 Å². The smallest absolute Gasteiger partial charge is 0.0367 e. The van der Waals surface area contributed by atoms with Crippen molar-refractivity contribution in [2.75, 3.05) is 58.3 Å². The molecule has 0 saturated carbocycles. The number of hydrogen-bond donors (Lipinski definition) is 1. The van der Waals surface area contributed by atoms with E-state index in [4.69, 9.17) is 5.73 Å². The van der Waals surface area contributed by atoms with E-state index in [0.717, 1.165) is 39.1 Å². The maximum atomic E-state index is 5.85. The fourth-order valence-electron chi connectivity index (χ4n) is 2.79. The molecule has 21 heavy (non-hydrogen) atoms. The fraction of sp³-hybridized carbons (Fsp3) is 0.647. The van der Waals surface area contributed by atoms with E-state index in [9.17, 15) is 0 Å². The van der Waals surface area contributed by atoms with Gasteiger partial charge in [-0.05, 0) is 45.1 Å². The van der Waals surface area contributed by atoms with E-state index in [1.807, 2.05) is 0 Å². The summed E-state index contributed by atoms with van der Waals surface area (Å²) in [5.41, 5.74) is 8.53. The van der Waals surface area contributed by atoms with Crippen molar-refractivity contribution in [3.8, 4) is 0 Å². The lowest BCUT2D eigenvalue weighted by Crippen LogP contribution is -2.48. The summed E-state index contributed by atoms with van der Waals surface area (Å²) in [6, 6.07) is 9.16. The number of rotatable bonds is 6. The number of benzene rings is 1. The third-order valence-corrected chi connectivity index (χ3v) is 4.09. The lowest BCUT2D eigenvalue weighted by molar-refractivity contribution is 0.229. The molecule has 1 heterocycles. The minimum atomic E-state index is 0.232. The van der Waals surface area contributed by atoms with Crippen LogP contribution in [0.25, 0.3) is 0 Å². The van der Waals surface area contributed by atoms with Gasteiger partial charge in [0.2, 0.25) is 0 Å². The van der Waals surface area contributed by atoms with Crippen molar-refractivity contribution in [2.24, 2.45) is 5.73 Å². The van der Waals surface area contributed by atoms with Gasteiger partial charge in [-0.3, -0.25) is 4.90 Å². The highest BCUT2D eigenvalue weighted by Gasteiger charge is 2.16. The Morgan fingerprint density at radius 3 is 2.24 bits per heavy atom. The second kappa shape index (κ2) is 7.78. The molecule has 1 aromatic carbocycles. The molecule has 1 fully saturated rings. The van der Waals surface area contributed by atoms with Crippen molar-refractivity contribution in [2.45, 2.75) is 19.4 Å². The van der Waals surface area contributed by atoms with Gasteiger partial charge in [0.25, 0.3) is 0 Å². The van der Waals surface area contributed by atoms with Gasteiger partial charge in [-0.15, -0.1) is 0 Å². The summed E-state index contributed by atoms with van der Waals surface area (Å²) in [6.07, 6.45) is 0.957. The quantitative estimate of drug-likeness (QED) is 0.856. The summed E-state index contributed by atoms with van der Waals surface area (Å²) < 4.78 is 0. The first-order valence-corrected chi connectivity index (χ1v) is 8.01. The highest BCUT2D eigenvalue weighted by molar-refractivity contribution is 5.48. The van der Waals surface area contributed by atoms with Gasteiger partial charge in [-0.1, -0.05) is 12.1 Å². The number of nitrogens with two attached hydrogens (primary N) is 1. The van der Waals surface area contributed by atoms with E-state index in [-0.39, 0.29) is 6.04 Å². The standard InChI is InChI=1S/C17H30N4/c1-15(18)14-16-4-6-17(7-5-16)21-12-10-20(11-13-21)9-8-19(2)3/h4-7,15H,8-14,18H2,1-3H3. The molecule has 0 aliphatic carbocycles. The molecular weight excluding hydrogens is 260 g/mol. The Hall–Kier alpha value is -1.10. The molecule has 1 saturated heterocycles. The SMILES string of the molecule is CC(N)Cc1ccc(N2CCN(CCN(C)C)CC2)cc1. The van der Waals surface area contributed by atoms with E-state index < -0.39 is 0 Å². The molecule has 1 atom stereocenters. The first-order valence-electron chi connectivity index (χ1n) is 8.01. The van der Waals surface area contributed by atoms with Crippen molar-refractivity contribution >= 4 is 5.69 Å². The van der Waals surface area contributed by atoms with Crippen molar-refractivity contribution in [3.63, 3.8) is 0 Å². The van der Waals surface area contributed by atoms with Crippen molar-refractivity contribution in [3.05, 3.63) is 29.8 Å². The number of anilines is 1. The molecule has 1 aliphatic rings. The monoisotopic (exact) mass is 290 g/mol. The molecule has 2 rings (SSSR count). The van der Waals surface area contributed by atoms with Gasteiger partial charge in [0.1, 0.15) is 0 Å². The van der Waals surface area contributed by atoms with Crippen LogP contribution in [0.15, 0.2) is 24.3 Å². The van der Waals surface area contributed by atoms with Crippen LogP contribution in [0.5, 0.6) is 0 Å². The van der Waals surface area contributed by atoms with Crippen molar-refractivity contribution in [1.82, 2.24) is 9.80 Å². The average Bonchev–Trinajstić information content (AvgIpc) is 2.46. The molecule has 4 heteroatoms. The largest absolute Gasteiger partial charge is 0.369 e. The summed E-state index contributed by atoms with van der Waals surface area (Å²) >= 11 is 0. The van der Waals surface area contributed by atoms with Crippen LogP contribution in [0.2, 0.25) is 0 Å². The molecular formula is C17H30N4. The van der Waals surface area contributed by atoms with E-state index >= 15 is 0 Å². The van der Waals surface area contributed by atoms with E-state index in [1.165, 1.54) is 17.8 Å². The number of piperazine rings is 1. The Morgan fingerprint density at radius 1 is 1.10 bits per heavy atom.